The molecule has 1 aromatic carbocycles. The highest BCUT2D eigenvalue weighted by Crippen LogP contribution is 2.37. The fourth-order valence-corrected chi connectivity index (χ4v) is 6.06. The van der Waals surface area contributed by atoms with Crippen LogP contribution in [0.5, 0.6) is 0 Å². The molecule has 6 heteroatoms. The number of rotatable bonds is 3. The molecule has 1 saturated heterocycles. The standard InChI is InChI=1S/C17H20BrNO2S2/c1-13-6-11-17(22-13)16-5-3-2-4-12-19(16)23(20,21)15-9-7-14(18)8-10-15/h6-11,16H,2-5,12H2,1H3/t16-/m1/s1. The molecule has 3 nitrogen and oxygen atoms in total. The highest BCUT2D eigenvalue weighted by Gasteiger charge is 2.33. The molecule has 0 radical (unpaired) electrons. The number of aryl methyl sites for hydroxylation is 1. The van der Waals surface area contributed by atoms with E-state index in [1.54, 1.807) is 39.9 Å². The lowest BCUT2D eigenvalue weighted by Gasteiger charge is -2.28. The van der Waals surface area contributed by atoms with Crippen molar-refractivity contribution in [3.8, 4) is 0 Å². The minimum absolute atomic E-state index is 0.0372. The molecule has 0 N–H and O–H groups in total. The third kappa shape index (κ3) is 3.71. The Hall–Kier alpha value is -0.690. The number of thiophene rings is 1. The zero-order valence-electron chi connectivity index (χ0n) is 13.0. The largest absolute Gasteiger partial charge is 0.243 e. The maximum absolute atomic E-state index is 13.2. The fraction of sp³-hybridized carbons (Fsp3) is 0.412. The summed E-state index contributed by atoms with van der Waals surface area (Å²) in [5.74, 6) is 0. The first kappa shape index (κ1) is 17.1. The summed E-state index contributed by atoms with van der Waals surface area (Å²) < 4.78 is 28.9. The first-order valence-electron chi connectivity index (χ1n) is 7.82. The van der Waals surface area contributed by atoms with Crippen LogP contribution in [-0.2, 0) is 10.0 Å². The quantitative estimate of drug-likeness (QED) is 0.699. The molecule has 1 atom stereocenters. The van der Waals surface area contributed by atoms with Crippen molar-refractivity contribution < 1.29 is 8.42 Å². The van der Waals surface area contributed by atoms with Crippen LogP contribution in [0, 0.1) is 6.92 Å². The van der Waals surface area contributed by atoms with Crippen LogP contribution in [0.15, 0.2) is 45.8 Å². The van der Waals surface area contributed by atoms with Gasteiger partial charge >= 0.3 is 0 Å². The Morgan fingerprint density at radius 2 is 1.83 bits per heavy atom. The number of nitrogens with zero attached hydrogens (tertiary/aromatic N) is 1. The Bertz CT molecular complexity index is 768. The van der Waals surface area contributed by atoms with Gasteiger partial charge in [-0.05, 0) is 56.2 Å². The summed E-state index contributed by atoms with van der Waals surface area (Å²) in [6.45, 7) is 2.67. The number of halogens is 1. The molecule has 0 bridgehead atoms. The molecule has 2 aromatic rings. The molecule has 1 fully saturated rings. The van der Waals surface area contributed by atoms with Gasteiger partial charge in [-0.15, -0.1) is 11.3 Å². The van der Waals surface area contributed by atoms with Crippen molar-refractivity contribution in [3.63, 3.8) is 0 Å². The molecule has 0 aliphatic carbocycles. The summed E-state index contributed by atoms with van der Waals surface area (Å²) in [6.07, 6.45) is 3.99. The van der Waals surface area contributed by atoms with E-state index in [0.717, 1.165) is 35.0 Å². The molecule has 1 aromatic heterocycles. The van der Waals surface area contributed by atoms with E-state index in [4.69, 9.17) is 0 Å². The zero-order chi connectivity index (χ0) is 16.4. The van der Waals surface area contributed by atoms with Crippen LogP contribution in [0.4, 0.5) is 0 Å². The van der Waals surface area contributed by atoms with Crippen molar-refractivity contribution in [2.45, 2.75) is 43.5 Å². The Morgan fingerprint density at radius 1 is 1.09 bits per heavy atom. The minimum Gasteiger partial charge on any atom is -0.207 e. The Labute approximate surface area is 150 Å². The number of hydrogen-bond donors (Lipinski definition) is 0. The second-order valence-electron chi connectivity index (χ2n) is 5.88. The lowest BCUT2D eigenvalue weighted by atomic mass is 10.1. The Morgan fingerprint density at radius 3 is 2.48 bits per heavy atom. The Balaban J connectivity index is 2.00. The van der Waals surface area contributed by atoms with Crippen LogP contribution in [-0.4, -0.2) is 19.3 Å². The summed E-state index contributed by atoms with van der Waals surface area (Å²) in [6, 6.07) is 11.1. The highest BCUT2D eigenvalue weighted by atomic mass is 79.9. The molecule has 2 heterocycles. The van der Waals surface area contributed by atoms with Crippen molar-refractivity contribution >= 4 is 37.3 Å². The smallest absolute Gasteiger partial charge is 0.207 e. The van der Waals surface area contributed by atoms with E-state index in [2.05, 4.69) is 35.0 Å². The molecule has 1 aliphatic rings. The van der Waals surface area contributed by atoms with Crippen molar-refractivity contribution in [3.05, 3.63) is 50.6 Å². The predicted molar refractivity (Wildman–Crippen MR) is 98.3 cm³/mol. The average molecular weight is 414 g/mol. The molecular formula is C17H20BrNO2S2. The van der Waals surface area contributed by atoms with Crippen molar-refractivity contribution in [1.82, 2.24) is 4.31 Å². The third-order valence-electron chi connectivity index (χ3n) is 4.21. The van der Waals surface area contributed by atoms with E-state index < -0.39 is 10.0 Å². The maximum atomic E-state index is 13.2. The summed E-state index contributed by atoms with van der Waals surface area (Å²) in [5, 5.41) is 0. The minimum atomic E-state index is -3.47. The monoisotopic (exact) mass is 413 g/mol. The van der Waals surface area contributed by atoms with E-state index in [-0.39, 0.29) is 6.04 Å². The van der Waals surface area contributed by atoms with Crippen LogP contribution in [0.2, 0.25) is 0 Å². The molecule has 124 valence electrons. The van der Waals surface area contributed by atoms with Crippen LogP contribution in [0.1, 0.15) is 41.5 Å². The summed E-state index contributed by atoms with van der Waals surface area (Å²) in [4.78, 5) is 2.76. The van der Waals surface area contributed by atoms with Crippen LogP contribution < -0.4 is 0 Å². The lowest BCUT2D eigenvalue weighted by molar-refractivity contribution is 0.333. The molecular weight excluding hydrogens is 394 g/mol. The first-order chi connectivity index (χ1) is 11.0. The van der Waals surface area contributed by atoms with Crippen molar-refractivity contribution in [2.24, 2.45) is 0 Å². The van der Waals surface area contributed by atoms with Gasteiger partial charge in [-0.1, -0.05) is 28.8 Å². The van der Waals surface area contributed by atoms with Crippen LogP contribution >= 0.6 is 27.3 Å². The van der Waals surface area contributed by atoms with Crippen molar-refractivity contribution in [2.75, 3.05) is 6.54 Å². The molecule has 0 amide bonds. The van der Waals surface area contributed by atoms with Gasteiger partial charge in [0.25, 0.3) is 0 Å². The summed E-state index contributed by atoms with van der Waals surface area (Å²) >= 11 is 5.07. The Kier molecular flexibility index (Phi) is 5.26. The van der Waals surface area contributed by atoms with Crippen molar-refractivity contribution in [1.29, 1.82) is 0 Å². The van der Waals surface area contributed by atoms with E-state index in [1.165, 1.54) is 4.88 Å². The molecule has 0 spiro atoms. The van der Waals surface area contributed by atoms with Gasteiger partial charge in [0.05, 0.1) is 10.9 Å². The van der Waals surface area contributed by atoms with Gasteiger partial charge in [-0.3, -0.25) is 0 Å². The molecule has 0 unspecified atom stereocenters. The van der Waals surface area contributed by atoms with Crippen LogP contribution in [0.25, 0.3) is 0 Å². The second-order valence-corrected chi connectivity index (χ2v) is 10.0. The number of hydrogen-bond acceptors (Lipinski definition) is 3. The van der Waals surface area contributed by atoms with Crippen LogP contribution in [0.3, 0.4) is 0 Å². The van der Waals surface area contributed by atoms with Gasteiger partial charge < -0.3 is 0 Å². The van der Waals surface area contributed by atoms with Gasteiger partial charge in [-0.2, -0.15) is 4.31 Å². The third-order valence-corrected chi connectivity index (χ3v) is 7.77. The normalized spacial score (nSPS) is 20.3. The lowest BCUT2D eigenvalue weighted by Crippen LogP contribution is -2.34. The van der Waals surface area contributed by atoms with Gasteiger partial charge in [0.2, 0.25) is 10.0 Å². The summed E-state index contributed by atoms with van der Waals surface area (Å²) in [7, 11) is -3.47. The van der Waals surface area contributed by atoms with Gasteiger partial charge in [0, 0.05) is 20.8 Å². The average Bonchev–Trinajstić information content (AvgIpc) is 2.80. The van der Waals surface area contributed by atoms with E-state index in [1.807, 2.05) is 0 Å². The second kappa shape index (κ2) is 7.05. The number of benzene rings is 1. The SMILES string of the molecule is Cc1ccc([C@H]2CCCCCN2S(=O)(=O)c2ccc(Br)cc2)s1. The zero-order valence-corrected chi connectivity index (χ0v) is 16.3. The van der Waals surface area contributed by atoms with E-state index in [0.29, 0.717) is 11.4 Å². The van der Waals surface area contributed by atoms with Gasteiger partial charge in [0.1, 0.15) is 0 Å². The molecule has 1 aliphatic heterocycles. The molecule has 23 heavy (non-hydrogen) atoms. The number of sulfonamides is 1. The highest BCUT2D eigenvalue weighted by molar-refractivity contribution is 9.10. The topological polar surface area (TPSA) is 37.4 Å². The predicted octanol–water partition coefficient (Wildman–Crippen LogP) is 5.13. The summed E-state index contributed by atoms with van der Waals surface area (Å²) in [5.41, 5.74) is 0. The fourth-order valence-electron chi connectivity index (χ4n) is 3.03. The molecule has 3 rings (SSSR count). The van der Waals surface area contributed by atoms with Gasteiger partial charge in [-0.25, -0.2) is 8.42 Å². The van der Waals surface area contributed by atoms with E-state index in [9.17, 15) is 8.42 Å². The molecule has 0 saturated carbocycles. The van der Waals surface area contributed by atoms with Gasteiger partial charge in [0.15, 0.2) is 0 Å². The first-order valence-corrected chi connectivity index (χ1v) is 10.9. The van der Waals surface area contributed by atoms with E-state index >= 15 is 0 Å². The maximum Gasteiger partial charge on any atom is 0.243 e.